The molecule has 3 aromatic rings. The smallest absolute Gasteiger partial charge is 0.310 e. The third-order valence-corrected chi connectivity index (χ3v) is 8.20. The van der Waals surface area contributed by atoms with E-state index in [1.165, 1.54) is 7.11 Å². The molecule has 6 rings (SSSR count). The summed E-state index contributed by atoms with van der Waals surface area (Å²) in [6.45, 7) is 0.197. The summed E-state index contributed by atoms with van der Waals surface area (Å²) in [5.41, 5.74) is 3.28. The Labute approximate surface area is 243 Å². The fourth-order valence-corrected chi connectivity index (χ4v) is 6.18. The van der Waals surface area contributed by atoms with Crippen molar-refractivity contribution < 1.29 is 47.5 Å². The molecule has 1 unspecified atom stereocenters. The summed E-state index contributed by atoms with van der Waals surface area (Å²) in [7, 11) is 6.23. The molecule has 2 aliphatic heterocycles. The van der Waals surface area contributed by atoms with Crippen molar-refractivity contribution in [3.05, 3.63) is 70.8 Å². The lowest BCUT2D eigenvalue weighted by Crippen LogP contribution is -2.36. The van der Waals surface area contributed by atoms with Gasteiger partial charge in [-0.05, 0) is 59.5 Å². The zero-order chi connectivity index (χ0) is 29.4. The van der Waals surface area contributed by atoms with Crippen molar-refractivity contribution in [3.8, 4) is 34.5 Å². The number of cyclic esters (lactones) is 1. The highest BCUT2D eigenvalue weighted by Gasteiger charge is 2.54. The van der Waals surface area contributed by atoms with Crippen LogP contribution in [0, 0.1) is 11.8 Å². The third-order valence-electron chi connectivity index (χ3n) is 8.20. The number of fused-ring (bicyclic) bond motifs is 3. The van der Waals surface area contributed by atoms with Crippen molar-refractivity contribution in [2.45, 2.75) is 24.9 Å². The number of benzene rings is 3. The van der Waals surface area contributed by atoms with Gasteiger partial charge < -0.3 is 37.9 Å². The first-order chi connectivity index (χ1) is 20.4. The number of ether oxygens (including phenoxy) is 8. The lowest BCUT2D eigenvalue weighted by Gasteiger charge is -2.38. The molecule has 0 spiro atoms. The van der Waals surface area contributed by atoms with E-state index in [1.54, 1.807) is 21.3 Å². The molecule has 3 aromatic carbocycles. The summed E-state index contributed by atoms with van der Waals surface area (Å²) in [5, 5.41) is 0. The molecule has 220 valence electrons. The normalized spacial score (nSPS) is 21.6. The highest BCUT2D eigenvalue weighted by Crippen LogP contribution is 2.56. The van der Waals surface area contributed by atoms with Gasteiger partial charge in [0, 0.05) is 23.8 Å². The zero-order valence-corrected chi connectivity index (χ0v) is 23.8. The van der Waals surface area contributed by atoms with Crippen LogP contribution in [-0.2, 0) is 25.5 Å². The van der Waals surface area contributed by atoms with Gasteiger partial charge in [-0.25, -0.2) is 0 Å². The lowest BCUT2D eigenvalue weighted by atomic mass is 9.66. The van der Waals surface area contributed by atoms with Crippen LogP contribution in [0.2, 0.25) is 0 Å². The van der Waals surface area contributed by atoms with Gasteiger partial charge in [-0.3, -0.25) is 9.59 Å². The minimum absolute atomic E-state index is 0.0777. The second-order valence-corrected chi connectivity index (χ2v) is 10.3. The Kier molecular flexibility index (Phi) is 7.45. The molecule has 1 fully saturated rings. The first kappa shape index (κ1) is 27.6. The van der Waals surface area contributed by atoms with Crippen LogP contribution in [0.5, 0.6) is 34.5 Å². The SMILES string of the molecule is COc1ccc(CCC(=O)O[C@H]2c3cc4c(cc3C(c3cc(OC)c(OC)c(OC)c3)[C@@H]3C(=O)OC[C@H]23)OCO4)cc1. The largest absolute Gasteiger partial charge is 0.497 e. The van der Waals surface area contributed by atoms with Gasteiger partial charge in [0.05, 0.1) is 41.0 Å². The molecule has 4 atom stereocenters. The van der Waals surface area contributed by atoms with E-state index in [2.05, 4.69) is 0 Å². The van der Waals surface area contributed by atoms with E-state index >= 15 is 0 Å². The average molecular weight is 577 g/mol. The van der Waals surface area contributed by atoms with Gasteiger partial charge in [0.1, 0.15) is 11.9 Å². The molecule has 0 amide bonds. The van der Waals surface area contributed by atoms with Crippen molar-refractivity contribution in [1.29, 1.82) is 0 Å². The Morgan fingerprint density at radius 1 is 0.833 bits per heavy atom. The maximum atomic E-state index is 13.3. The number of hydrogen-bond donors (Lipinski definition) is 0. The predicted molar refractivity (Wildman–Crippen MR) is 149 cm³/mol. The minimum Gasteiger partial charge on any atom is -0.497 e. The Balaban J connectivity index is 1.38. The second-order valence-electron chi connectivity index (χ2n) is 10.3. The molecule has 0 aromatic heterocycles. The van der Waals surface area contributed by atoms with E-state index in [1.807, 2.05) is 48.5 Å². The van der Waals surface area contributed by atoms with Crippen molar-refractivity contribution in [2.24, 2.45) is 11.8 Å². The van der Waals surface area contributed by atoms with Gasteiger partial charge in [0.15, 0.2) is 23.0 Å². The Bertz CT molecular complexity index is 1470. The standard InChI is InChI=1S/C32H32O10/c1-35-19-8-5-17(6-9-19)7-10-27(33)42-30-21-14-24-23(40-16-41-24)13-20(21)28(29-22(30)15-39-32(29)34)18-11-25(36-2)31(38-4)26(12-18)37-3/h5-6,8-9,11-14,22,28-30H,7,10,15-16H2,1-4H3/t22-,28?,29+,30-/m0/s1. The maximum Gasteiger partial charge on any atom is 0.310 e. The topological polar surface area (TPSA) is 108 Å². The van der Waals surface area contributed by atoms with Crippen LogP contribution < -0.4 is 28.4 Å². The number of rotatable bonds is 9. The van der Waals surface area contributed by atoms with Crippen molar-refractivity contribution in [3.63, 3.8) is 0 Å². The molecule has 1 saturated heterocycles. The summed E-state index contributed by atoms with van der Waals surface area (Å²) in [5.74, 6) is 0.994. The predicted octanol–water partition coefficient (Wildman–Crippen LogP) is 4.60. The van der Waals surface area contributed by atoms with Gasteiger partial charge >= 0.3 is 11.9 Å². The maximum absolute atomic E-state index is 13.3. The molecule has 10 nitrogen and oxygen atoms in total. The molecular weight excluding hydrogens is 544 g/mol. The van der Waals surface area contributed by atoms with Gasteiger partial charge in [0.25, 0.3) is 0 Å². The molecule has 3 aliphatic rings. The molecule has 0 bridgehead atoms. The number of carbonyl (C=O) groups excluding carboxylic acids is 2. The quantitative estimate of drug-likeness (QED) is 0.335. The van der Waals surface area contributed by atoms with E-state index in [4.69, 9.17) is 37.9 Å². The monoisotopic (exact) mass is 576 g/mol. The Hall–Kier alpha value is -4.60. The fourth-order valence-electron chi connectivity index (χ4n) is 6.18. The molecular formula is C32H32O10. The van der Waals surface area contributed by atoms with Gasteiger partial charge in [-0.2, -0.15) is 0 Å². The van der Waals surface area contributed by atoms with E-state index in [-0.39, 0.29) is 31.8 Å². The Morgan fingerprint density at radius 2 is 1.50 bits per heavy atom. The molecule has 0 radical (unpaired) electrons. The van der Waals surface area contributed by atoms with E-state index in [9.17, 15) is 9.59 Å². The van der Waals surface area contributed by atoms with Crippen LogP contribution in [0.25, 0.3) is 0 Å². The number of esters is 2. The number of methoxy groups -OCH3 is 4. The lowest BCUT2D eigenvalue weighted by molar-refractivity contribution is -0.154. The van der Waals surface area contributed by atoms with Crippen LogP contribution in [0.15, 0.2) is 48.5 Å². The summed E-state index contributed by atoms with van der Waals surface area (Å²) in [6, 6.07) is 14.9. The van der Waals surface area contributed by atoms with Crippen LogP contribution in [0.1, 0.15) is 40.7 Å². The third kappa shape index (κ3) is 4.80. The highest BCUT2D eigenvalue weighted by atomic mass is 16.7. The minimum atomic E-state index is -0.715. The van der Waals surface area contributed by atoms with Crippen LogP contribution in [0.3, 0.4) is 0 Å². The summed E-state index contributed by atoms with van der Waals surface area (Å²) >= 11 is 0. The fraction of sp³-hybridized carbons (Fsp3) is 0.375. The first-order valence-electron chi connectivity index (χ1n) is 13.7. The van der Waals surface area contributed by atoms with E-state index in [0.29, 0.717) is 35.2 Å². The van der Waals surface area contributed by atoms with Crippen molar-refractivity contribution >= 4 is 11.9 Å². The average Bonchev–Trinajstić information content (AvgIpc) is 3.64. The molecule has 42 heavy (non-hydrogen) atoms. The van der Waals surface area contributed by atoms with E-state index < -0.39 is 23.9 Å². The number of aryl methyl sites for hydroxylation is 1. The summed E-state index contributed by atoms with van der Waals surface area (Å²) in [4.78, 5) is 26.6. The van der Waals surface area contributed by atoms with E-state index in [0.717, 1.165) is 28.0 Å². The molecule has 0 N–H and O–H groups in total. The van der Waals surface area contributed by atoms with Crippen LogP contribution >= 0.6 is 0 Å². The van der Waals surface area contributed by atoms with Gasteiger partial charge in [-0.15, -0.1) is 0 Å². The van der Waals surface area contributed by atoms with Gasteiger partial charge in [-0.1, -0.05) is 12.1 Å². The first-order valence-corrected chi connectivity index (χ1v) is 13.7. The zero-order valence-electron chi connectivity index (χ0n) is 23.8. The second kappa shape index (κ2) is 11.3. The summed E-state index contributed by atoms with van der Waals surface area (Å²) in [6.07, 6.45) is -0.0422. The number of carbonyl (C=O) groups is 2. The van der Waals surface area contributed by atoms with Crippen LogP contribution in [-0.4, -0.2) is 53.8 Å². The number of hydrogen-bond acceptors (Lipinski definition) is 10. The molecule has 1 aliphatic carbocycles. The Morgan fingerprint density at radius 3 is 2.12 bits per heavy atom. The molecule has 2 heterocycles. The van der Waals surface area contributed by atoms with Crippen molar-refractivity contribution in [2.75, 3.05) is 41.8 Å². The molecule has 10 heteroatoms. The highest BCUT2D eigenvalue weighted by molar-refractivity contribution is 5.79. The molecule has 0 saturated carbocycles. The van der Waals surface area contributed by atoms with Crippen molar-refractivity contribution in [1.82, 2.24) is 0 Å². The summed E-state index contributed by atoms with van der Waals surface area (Å²) < 4.78 is 45.1. The van der Waals surface area contributed by atoms with Crippen LogP contribution in [0.4, 0.5) is 0 Å². The van der Waals surface area contributed by atoms with Gasteiger partial charge in [0.2, 0.25) is 12.5 Å².